The summed E-state index contributed by atoms with van der Waals surface area (Å²) in [6.45, 7) is 16.5. The molecule has 0 aliphatic rings. The summed E-state index contributed by atoms with van der Waals surface area (Å²) < 4.78 is 0. The van der Waals surface area contributed by atoms with Crippen LogP contribution in [0.15, 0.2) is 11.5 Å². The van der Waals surface area contributed by atoms with Gasteiger partial charge in [-0.3, -0.25) is 28.8 Å². The van der Waals surface area contributed by atoms with E-state index in [1.807, 2.05) is 61.6 Å². The van der Waals surface area contributed by atoms with Gasteiger partial charge in [0, 0.05) is 41.3 Å². The molecule has 0 aromatic heterocycles. The van der Waals surface area contributed by atoms with Gasteiger partial charge < -0.3 is 30.2 Å². The van der Waals surface area contributed by atoms with E-state index in [0.29, 0.717) is 12.8 Å². The normalized spacial score (nSPS) is 16.0. The highest BCUT2D eigenvalue weighted by Gasteiger charge is 2.42. The fraction of sp³-hybridized carbons (Fsp3) is 0.765. The largest absolute Gasteiger partial charge is 0.357 e. The van der Waals surface area contributed by atoms with Gasteiger partial charge in [0.25, 0.3) is 0 Å². The summed E-state index contributed by atoms with van der Waals surface area (Å²) in [6, 6.07) is -4.37. The third-order valence-electron chi connectivity index (χ3n) is 9.19. The molecule has 0 saturated carbocycles. The molecule has 0 aromatic carbocycles. The summed E-state index contributed by atoms with van der Waals surface area (Å²) >= 11 is 1.37. The lowest BCUT2D eigenvalue weighted by Gasteiger charge is -2.40. The van der Waals surface area contributed by atoms with Gasteiger partial charge in [0.1, 0.15) is 30.2 Å². The summed E-state index contributed by atoms with van der Waals surface area (Å²) in [5, 5.41) is 7.17. The first-order valence-electron chi connectivity index (χ1n) is 16.5. The molecule has 0 aliphatic heterocycles. The van der Waals surface area contributed by atoms with Crippen LogP contribution in [0.5, 0.6) is 0 Å². The summed E-state index contributed by atoms with van der Waals surface area (Å²) in [5.74, 6) is -3.39. The minimum absolute atomic E-state index is 0.121. The number of amides is 6. The van der Waals surface area contributed by atoms with Crippen molar-refractivity contribution in [3.63, 3.8) is 0 Å². The highest BCUT2D eigenvalue weighted by atomic mass is 32.2. The zero-order valence-electron chi connectivity index (χ0n) is 31.4. The van der Waals surface area contributed by atoms with E-state index in [2.05, 4.69) is 10.6 Å². The molecule has 0 saturated heterocycles. The standard InChI is InChI=1S/C34H62N6O6S/c1-16-22(7)28(30(42)35-10)39(13)33(45)26(20(3)4)36-31(43)27(21(5)6)38(12)34(46)29(23(8)17-2)40(14)32(44)24(9)37(11)25(41)18-19-47-15/h18-24,26-29H,16-17H2,1-15H3,(H,35,42)(H,36,43)/b19-18+/t22-,23-,24-,26-,27+,28-,29-/m0/s1. The highest BCUT2D eigenvalue weighted by Crippen LogP contribution is 2.22. The van der Waals surface area contributed by atoms with Crippen LogP contribution in [0.1, 0.15) is 75.2 Å². The molecular formula is C34H62N6O6S. The van der Waals surface area contributed by atoms with Crippen LogP contribution in [-0.2, 0) is 28.8 Å². The molecule has 12 nitrogen and oxygen atoms in total. The molecule has 0 spiro atoms. The van der Waals surface area contributed by atoms with Crippen LogP contribution in [0.2, 0.25) is 0 Å². The lowest BCUT2D eigenvalue weighted by Crippen LogP contribution is -2.62. The minimum atomic E-state index is -0.959. The maximum absolute atomic E-state index is 14.2. The highest BCUT2D eigenvalue weighted by molar-refractivity contribution is 8.01. The molecule has 0 aromatic rings. The molecule has 0 radical (unpaired) electrons. The molecular weight excluding hydrogens is 620 g/mol. The summed E-state index contributed by atoms with van der Waals surface area (Å²) in [5.41, 5.74) is 0. The maximum Gasteiger partial charge on any atom is 0.247 e. The van der Waals surface area contributed by atoms with E-state index in [1.54, 1.807) is 33.5 Å². The van der Waals surface area contributed by atoms with Crippen molar-refractivity contribution in [3.8, 4) is 0 Å². The molecule has 6 amide bonds. The van der Waals surface area contributed by atoms with Crippen LogP contribution < -0.4 is 10.6 Å². The molecule has 2 N–H and O–H groups in total. The van der Waals surface area contributed by atoms with E-state index < -0.39 is 53.8 Å². The predicted molar refractivity (Wildman–Crippen MR) is 189 cm³/mol. The van der Waals surface area contributed by atoms with Crippen molar-refractivity contribution in [2.24, 2.45) is 23.7 Å². The molecule has 13 heteroatoms. The number of hydrogen-bond donors (Lipinski definition) is 2. The lowest BCUT2D eigenvalue weighted by molar-refractivity contribution is -0.153. The van der Waals surface area contributed by atoms with Crippen LogP contribution in [0, 0.1) is 23.7 Å². The Hall–Kier alpha value is -3.09. The number of nitrogens with one attached hydrogen (secondary N) is 2. The Morgan fingerprint density at radius 2 is 1.11 bits per heavy atom. The monoisotopic (exact) mass is 682 g/mol. The molecule has 0 fully saturated rings. The van der Waals surface area contributed by atoms with Crippen molar-refractivity contribution in [2.45, 2.75) is 105 Å². The van der Waals surface area contributed by atoms with Crippen molar-refractivity contribution < 1.29 is 28.8 Å². The molecule has 0 unspecified atom stereocenters. The van der Waals surface area contributed by atoms with Gasteiger partial charge in [0.05, 0.1) is 0 Å². The molecule has 0 rings (SSSR count). The first kappa shape index (κ1) is 43.9. The first-order valence-corrected chi connectivity index (χ1v) is 17.8. The minimum Gasteiger partial charge on any atom is -0.357 e. The fourth-order valence-corrected chi connectivity index (χ4v) is 5.87. The van der Waals surface area contributed by atoms with E-state index in [4.69, 9.17) is 0 Å². The van der Waals surface area contributed by atoms with E-state index in [1.165, 1.54) is 51.5 Å². The van der Waals surface area contributed by atoms with Crippen LogP contribution in [0.4, 0.5) is 0 Å². The molecule has 270 valence electrons. The van der Waals surface area contributed by atoms with E-state index in [-0.39, 0.29) is 35.5 Å². The third kappa shape index (κ3) is 11.5. The second kappa shape index (κ2) is 20.3. The first-order chi connectivity index (χ1) is 21.8. The number of thioether (sulfide) groups is 1. The van der Waals surface area contributed by atoms with Crippen molar-refractivity contribution in [2.75, 3.05) is 41.5 Å². The Kier molecular flexibility index (Phi) is 19.0. The summed E-state index contributed by atoms with van der Waals surface area (Å²) in [7, 11) is 7.72. The van der Waals surface area contributed by atoms with Gasteiger partial charge in [0.15, 0.2) is 0 Å². The van der Waals surface area contributed by atoms with Crippen LogP contribution in [0.3, 0.4) is 0 Å². The van der Waals surface area contributed by atoms with Crippen molar-refractivity contribution >= 4 is 47.2 Å². The number of rotatable bonds is 18. The third-order valence-corrected chi connectivity index (χ3v) is 9.60. The van der Waals surface area contributed by atoms with Crippen LogP contribution in [0.25, 0.3) is 0 Å². The number of nitrogens with zero attached hydrogens (tertiary/aromatic N) is 4. The van der Waals surface area contributed by atoms with Gasteiger partial charge in [0.2, 0.25) is 35.4 Å². The molecule has 0 heterocycles. The van der Waals surface area contributed by atoms with Crippen molar-refractivity contribution in [3.05, 3.63) is 11.5 Å². The summed E-state index contributed by atoms with van der Waals surface area (Å²) in [6.07, 6.45) is 4.47. The predicted octanol–water partition coefficient (Wildman–Crippen LogP) is 2.83. The van der Waals surface area contributed by atoms with Gasteiger partial charge in [-0.2, -0.15) is 0 Å². The Labute approximate surface area is 287 Å². The van der Waals surface area contributed by atoms with Crippen LogP contribution >= 0.6 is 11.8 Å². The maximum atomic E-state index is 14.2. The molecule has 0 aliphatic carbocycles. The van der Waals surface area contributed by atoms with Gasteiger partial charge in [-0.05, 0) is 42.3 Å². The Morgan fingerprint density at radius 3 is 1.53 bits per heavy atom. The Morgan fingerprint density at radius 1 is 0.638 bits per heavy atom. The van der Waals surface area contributed by atoms with Crippen molar-refractivity contribution in [1.29, 1.82) is 0 Å². The summed E-state index contributed by atoms with van der Waals surface area (Å²) in [4.78, 5) is 86.4. The second-order valence-electron chi connectivity index (χ2n) is 13.2. The average Bonchev–Trinajstić information content (AvgIpc) is 3.03. The smallest absolute Gasteiger partial charge is 0.247 e. The molecule has 0 bridgehead atoms. The SMILES string of the molecule is CC[C@H](C)[C@@H](C(=O)NC)N(C)C(=O)[C@@H](NC(=O)[C@@H](C(C)C)N(C)C(=O)[C@H]([C@@H](C)CC)N(C)C(=O)[C@H](C)N(C)C(=O)/C=C/SC)C(C)C. The van der Waals surface area contributed by atoms with E-state index >= 15 is 0 Å². The number of carbonyl (C=O) groups excluding carboxylic acids is 6. The van der Waals surface area contributed by atoms with E-state index in [0.717, 1.165) is 0 Å². The fourth-order valence-electron chi connectivity index (χ4n) is 5.61. The van der Waals surface area contributed by atoms with Gasteiger partial charge >= 0.3 is 0 Å². The Balaban J connectivity index is 6.40. The van der Waals surface area contributed by atoms with Crippen molar-refractivity contribution in [1.82, 2.24) is 30.2 Å². The number of hydrogen-bond acceptors (Lipinski definition) is 7. The number of likely N-dealkylation sites (N-methyl/N-ethyl adjacent to an activating group) is 5. The molecule has 7 atom stereocenters. The number of carbonyl (C=O) groups is 6. The zero-order chi connectivity index (χ0) is 36.9. The molecule has 47 heavy (non-hydrogen) atoms. The Bertz CT molecular complexity index is 1110. The average molecular weight is 683 g/mol. The van der Waals surface area contributed by atoms with Gasteiger partial charge in [-0.15, -0.1) is 11.8 Å². The quantitative estimate of drug-likeness (QED) is 0.212. The van der Waals surface area contributed by atoms with Gasteiger partial charge in [-0.1, -0.05) is 68.2 Å². The topological polar surface area (TPSA) is 139 Å². The zero-order valence-corrected chi connectivity index (χ0v) is 32.2. The second-order valence-corrected chi connectivity index (χ2v) is 13.9. The lowest BCUT2D eigenvalue weighted by atomic mass is 9.93. The van der Waals surface area contributed by atoms with Crippen LogP contribution in [-0.4, -0.2) is 127 Å². The van der Waals surface area contributed by atoms with E-state index in [9.17, 15) is 28.8 Å². The van der Waals surface area contributed by atoms with Gasteiger partial charge in [-0.25, -0.2) is 0 Å².